The molecule has 6 heteroatoms. The highest BCUT2D eigenvalue weighted by Crippen LogP contribution is 2.09. The Balaban J connectivity index is 2.11. The van der Waals surface area contributed by atoms with Crippen LogP contribution in [-0.4, -0.2) is 19.6 Å². The SMILES string of the molecule is Cc1ccc(S(=O)(=O)NN=Cc2cccc(C)n2)cc1. The molecule has 1 N–H and O–H groups in total. The van der Waals surface area contributed by atoms with Crippen LogP contribution in [0.5, 0.6) is 0 Å². The standard InChI is InChI=1S/C14H15N3O2S/c1-11-6-8-14(9-7-11)20(18,19)17-15-10-13-5-3-4-12(2)16-13/h3-10,17H,1-2H3. The van der Waals surface area contributed by atoms with Crippen LogP contribution in [-0.2, 0) is 10.0 Å². The minimum Gasteiger partial charge on any atom is -0.252 e. The largest absolute Gasteiger partial charge is 0.276 e. The van der Waals surface area contributed by atoms with Crippen molar-refractivity contribution in [2.75, 3.05) is 0 Å². The molecule has 0 unspecified atom stereocenters. The Labute approximate surface area is 118 Å². The van der Waals surface area contributed by atoms with Gasteiger partial charge in [0.1, 0.15) is 0 Å². The van der Waals surface area contributed by atoms with Gasteiger partial charge in [0.05, 0.1) is 16.8 Å². The van der Waals surface area contributed by atoms with Gasteiger partial charge in [-0.05, 0) is 38.1 Å². The molecule has 0 spiro atoms. The van der Waals surface area contributed by atoms with Gasteiger partial charge in [-0.15, -0.1) is 0 Å². The molecule has 0 saturated heterocycles. The van der Waals surface area contributed by atoms with Gasteiger partial charge in [0.2, 0.25) is 0 Å². The van der Waals surface area contributed by atoms with Crippen molar-refractivity contribution in [2.45, 2.75) is 18.7 Å². The zero-order chi connectivity index (χ0) is 14.6. The third kappa shape index (κ3) is 3.64. The fourth-order valence-corrected chi connectivity index (χ4v) is 2.36. The minimum absolute atomic E-state index is 0.178. The third-order valence-electron chi connectivity index (χ3n) is 2.61. The van der Waals surface area contributed by atoms with E-state index in [0.29, 0.717) is 5.69 Å². The van der Waals surface area contributed by atoms with Crippen molar-refractivity contribution in [3.63, 3.8) is 0 Å². The smallest absolute Gasteiger partial charge is 0.252 e. The van der Waals surface area contributed by atoms with Crippen molar-refractivity contribution >= 4 is 16.2 Å². The second-order valence-electron chi connectivity index (χ2n) is 4.37. The highest BCUT2D eigenvalue weighted by Gasteiger charge is 2.11. The Hall–Kier alpha value is -2.21. The van der Waals surface area contributed by atoms with E-state index in [2.05, 4.69) is 14.9 Å². The lowest BCUT2D eigenvalue weighted by Gasteiger charge is -2.03. The van der Waals surface area contributed by atoms with E-state index < -0.39 is 10.0 Å². The maximum Gasteiger partial charge on any atom is 0.276 e. The molecule has 5 nitrogen and oxygen atoms in total. The van der Waals surface area contributed by atoms with Gasteiger partial charge in [0.25, 0.3) is 10.0 Å². The molecule has 0 aliphatic heterocycles. The number of hydrogen-bond donors (Lipinski definition) is 1. The summed E-state index contributed by atoms with van der Waals surface area (Å²) in [5.74, 6) is 0. The predicted octanol–water partition coefficient (Wildman–Crippen LogP) is 2.01. The molecule has 1 aromatic heterocycles. The molecule has 0 fully saturated rings. The Bertz CT molecular complexity index is 722. The summed E-state index contributed by atoms with van der Waals surface area (Å²) in [6, 6.07) is 12.0. The lowest BCUT2D eigenvalue weighted by molar-refractivity contribution is 0.584. The van der Waals surface area contributed by atoms with Crippen molar-refractivity contribution in [1.82, 2.24) is 9.82 Å². The summed E-state index contributed by atoms with van der Waals surface area (Å²) < 4.78 is 23.9. The minimum atomic E-state index is -3.63. The quantitative estimate of drug-likeness (QED) is 0.691. The summed E-state index contributed by atoms with van der Waals surface area (Å²) in [6.07, 6.45) is 1.37. The van der Waals surface area contributed by atoms with E-state index in [-0.39, 0.29) is 4.90 Å². The molecule has 0 atom stereocenters. The van der Waals surface area contributed by atoms with Crippen LogP contribution in [0.25, 0.3) is 0 Å². The van der Waals surface area contributed by atoms with Gasteiger partial charge in [-0.25, -0.2) is 4.83 Å². The van der Waals surface area contributed by atoms with E-state index in [0.717, 1.165) is 11.3 Å². The van der Waals surface area contributed by atoms with E-state index in [9.17, 15) is 8.42 Å². The van der Waals surface area contributed by atoms with Crippen LogP contribution < -0.4 is 4.83 Å². The molecule has 0 aliphatic carbocycles. The summed E-state index contributed by atoms with van der Waals surface area (Å²) in [6.45, 7) is 3.75. The predicted molar refractivity (Wildman–Crippen MR) is 78.1 cm³/mol. The summed E-state index contributed by atoms with van der Waals surface area (Å²) in [4.78, 5) is 6.54. The molecule has 104 valence electrons. The number of benzene rings is 1. The van der Waals surface area contributed by atoms with Crippen molar-refractivity contribution in [3.8, 4) is 0 Å². The lowest BCUT2D eigenvalue weighted by atomic mass is 10.2. The Morgan fingerprint density at radius 3 is 2.45 bits per heavy atom. The number of pyridine rings is 1. The van der Waals surface area contributed by atoms with Crippen LogP contribution >= 0.6 is 0 Å². The maximum absolute atomic E-state index is 12.0. The van der Waals surface area contributed by atoms with E-state index in [4.69, 9.17) is 0 Å². The van der Waals surface area contributed by atoms with Gasteiger partial charge < -0.3 is 0 Å². The molecule has 0 saturated carbocycles. The topological polar surface area (TPSA) is 71.4 Å². The fourth-order valence-electron chi connectivity index (χ4n) is 1.57. The summed E-state index contributed by atoms with van der Waals surface area (Å²) >= 11 is 0. The second kappa shape index (κ2) is 5.83. The molecule has 2 aromatic rings. The number of rotatable bonds is 4. The second-order valence-corrected chi connectivity index (χ2v) is 6.03. The average molecular weight is 289 g/mol. The monoisotopic (exact) mass is 289 g/mol. The van der Waals surface area contributed by atoms with Crippen molar-refractivity contribution in [1.29, 1.82) is 0 Å². The summed E-state index contributed by atoms with van der Waals surface area (Å²) in [5.41, 5.74) is 2.43. The van der Waals surface area contributed by atoms with E-state index in [1.54, 1.807) is 18.2 Å². The first-order chi connectivity index (χ1) is 9.47. The maximum atomic E-state index is 12.0. The van der Waals surface area contributed by atoms with Crippen LogP contribution in [0.15, 0.2) is 52.5 Å². The van der Waals surface area contributed by atoms with Gasteiger partial charge in [-0.1, -0.05) is 23.8 Å². The normalized spacial score (nSPS) is 11.7. The van der Waals surface area contributed by atoms with Gasteiger partial charge in [-0.2, -0.15) is 13.5 Å². The number of aryl methyl sites for hydroxylation is 2. The zero-order valence-corrected chi connectivity index (χ0v) is 12.1. The average Bonchev–Trinajstić information content (AvgIpc) is 2.39. The molecular formula is C14H15N3O2S. The molecular weight excluding hydrogens is 274 g/mol. The van der Waals surface area contributed by atoms with Crippen LogP contribution in [0, 0.1) is 13.8 Å². The van der Waals surface area contributed by atoms with Crippen LogP contribution in [0.4, 0.5) is 0 Å². The Kier molecular flexibility index (Phi) is 4.14. The van der Waals surface area contributed by atoms with Crippen LogP contribution in [0.1, 0.15) is 17.0 Å². The van der Waals surface area contributed by atoms with Gasteiger partial charge in [-0.3, -0.25) is 4.98 Å². The molecule has 2 rings (SSSR count). The first-order valence-electron chi connectivity index (χ1n) is 6.02. The zero-order valence-electron chi connectivity index (χ0n) is 11.2. The number of aromatic nitrogens is 1. The molecule has 0 bridgehead atoms. The van der Waals surface area contributed by atoms with E-state index >= 15 is 0 Å². The van der Waals surface area contributed by atoms with Crippen molar-refractivity contribution in [2.24, 2.45) is 5.10 Å². The van der Waals surface area contributed by atoms with Crippen molar-refractivity contribution in [3.05, 3.63) is 59.4 Å². The summed E-state index contributed by atoms with van der Waals surface area (Å²) in [5, 5.41) is 3.73. The van der Waals surface area contributed by atoms with Gasteiger partial charge >= 0.3 is 0 Å². The van der Waals surface area contributed by atoms with Crippen LogP contribution in [0.2, 0.25) is 0 Å². The van der Waals surface area contributed by atoms with Gasteiger partial charge in [0, 0.05) is 5.69 Å². The lowest BCUT2D eigenvalue weighted by Crippen LogP contribution is -2.18. The van der Waals surface area contributed by atoms with E-state index in [1.807, 2.05) is 26.0 Å². The third-order valence-corrected chi connectivity index (χ3v) is 3.85. The Morgan fingerprint density at radius 1 is 1.10 bits per heavy atom. The summed E-state index contributed by atoms with van der Waals surface area (Å²) in [7, 11) is -3.63. The molecule has 20 heavy (non-hydrogen) atoms. The Morgan fingerprint density at radius 2 is 1.80 bits per heavy atom. The molecule has 0 amide bonds. The molecule has 0 aliphatic rings. The number of hydrogen-bond acceptors (Lipinski definition) is 4. The first-order valence-corrected chi connectivity index (χ1v) is 7.51. The highest BCUT2D eigenvalue weighted by atomic mass is 32.2. The van der Waals surface area contributed by atoms with Crippen molar-refractivity contribution < 1.29 is 8.42 Å². The first kappa shape index (κ1) is 14.2. The highest BCUT2D eigenvalue weighted by molar-refractivity contribution is 7.89. The number of hydrazone groups is 1. The van der Waals surface area contributed by atoms with Crippen LogP contribution in [0.3, 0.4) is 0 Å². The number of sulfonamides is 1. The molecule has 1 heterocycles. The molecule has 1 aromatic carbocycles. The number of nitrogens with zero attached hydrogens (tertiary/aromatic N) is 2. The molecule has 0 radical (unpaired) electrons. The fraction of sp³-hybridized carbons (Fsp3) is 0.143. The van der Waals surface area contributed by atoms with E-state index in [1.165, 1.54) is 18.3 Å². The number of nitrogens with one attached hydrogen (secondary N) is 1. The van der Waals surface area contributed by atoms with Gasteiger partial charge in [0.15, 0.2) is 0 Å².